The lowest BCUT2D eigenvalue weighted by Crippen LogP contribution is -2.25. The second-order valence-electron chi connectivity index (χ2n) is 4.98. The molecule has 1 aromatic carbocycles. The van der Waals surface area contributed by atoms with Crippen molar-refractivity contribution >= 4 is 11.6 Å². The molecule has 1 aliphatic rings. The minimum atomic E-state index is -0.316. The Morgan fingerprint density at radius 2 is 2.05 bits per heavy atom. The Morgan fingerprint density at radius 3 is 2.71 bits per heavy atom. The van der Waals surface area contributed by atoms with E-state index in [1.807, 2.05) is 19.1 Å². The van der Waals surface area contributed by atoms with E-state index in [1.54, 1.807) is 18.5 Å². The minimum Gasteiger partial charge on any atom is -0.273 e. The molecule has 21 heavy (non-hydrogen) atoms. The molecule has 0 aliphatic carbocycles. The number of hydrogen-bond acceptors (Lipinski definition) is 3. The average Bonchev–Trinajstić information content (AvgIpc) is 2.49. The van der Waals surface area contributed by atoms with Crippen molar-refractivity contribution in [1.29, 1.82) is 0 Å². The maximum atomic E-state index is 14.4. The highest BCUT2D eigenvalue weighted by Crippen LogP contribution is 2.26. The summed E-state index contributed by atoms with van der Waals surface area (Å²) in [7, 11) is 0. The Balaban J connectivity index is 1.97. The third-order valence-electron chi connectivity index (χ3n) is 3.54. The molecule has 106 valence electrons. The second-order valence-corrected chi connectivity index (χ2v) is 4.98. The van der Waals surface area contributed by atoms with Crippen LogP contribution in [0.15, 0.2) is 41.8 Å². The van der Waals surface area contributed by atoms with Gasteiger partial charge in [0, 0.05) is 41.9 Å². The van der Waals surface area contributed by atoms with Gasteiger partial charge >= 0.3 is 0 Å². The number of rotatable bonds is 2. The van der Waals surface area contributed by atoms with Crippen LogP contribution in [0.1, 0.15) is 24.0 Å². The van der Waals surface area contributed by atoms with Crippen molar-refractivity contribution in [2.24, 2.45) is 5.10 Å². The van der Waals surface area contributed by atoms with Crippen LogP contribution >= 0.6 is 0 Å². The fourth-order valence-corrected chi connectivity index (χ4v) is 2.34. The molecular weight excluding hydrogens is 269 g/mol. The lowest BCUT2D eigenvalue weighted by molar-refractivity contribution is -0.121. The molecule has 1 aliphatic heterocycles. The SMILES string of the molecule is Cc1ccncc1-c1ccc(C2=NNC(=O)CC2)cc1F. The van der Waals surface area contributed by atoms with Gasteiger partial charge in [0.25, 0.3) is 0 Å². The molecule has 3 rings (SSSR count). The highest BCUT2D eigenvalue weighted by atomic mass is 19.1. The van der Waals surface area contributed by atoms with Gasteiger partial charge in [0.15, 0.2) is 0 Å². The lowest BCUT2D eigenvalue weighted by atomic mass is 9.98. The Morgan fingerprint density at radius 1 is 1.19 bits per heavy atom. The molecule has 0 spiro atoms. The van der Waals surface area contributed by atoms with Gasteiger partial charge in [-0.05, 0) is 24.6 Å². The third-order valence-corrected chi connectivity index (χ3v) is 3.54. The summed E-state index contributed by atoms with van der Waals surface area (Å²) in [5, 5.41) is 3.98. The van der Waals surface area contributed by atoms with Crippen LogP contribution in [0.4, 0.5) is 4.39 Å². The Labute approximate surface area is 121 Å². The molecule has 1 aromatic heterocycles. The van der Waals surface area contributed by atoms with Crippen molar-refractivity contribution in [1.82, 2.24) is 10.4 Å². The largest absolute Gasteiger partial charge is 0.273 e. The van der Waals surface area contributed by atoms with Gasteiger partial charge in [-0.25, -0.2) is 9.82 Å². The zero-order chi connectivity index (χ0) is 14.8. The highest BCUT2D eigenvalue weighted by Gasteiger charge is 2.15. The number of hydrogen-bond donors (Lipinski definition) is 1. The number of aromatic nitrogens is 1. The molecular formula is C16H14FN3O. The molecule has 1 N–H and O–H groups in total. The van der Waals surface area contributed by atoms with Gasteiger partial charge in [0.05, 0.1) is 5.71 Å². The molecule has 0 fully saturated rings. The summed E-state index contributed by atoms with van der Waals surface area (Å²) < 4.78 is 14.4. The highest BCUT2D eigenvalue weighted by molar-refractivity contribution is 6.04. The number of aryl methyl sites for hydroxylation is 1. The van der Waals surface area contributed by atoms with Crippen LogP contribution in [-0.4, -0.2) is 16.6 Å². The van der Waals surface area contributed by atoms with Crippen LogP contribution in [0.2, 0.25) is 0 Å². The first-order valence-corrected chi connectivity index (χ1v) is 6.71. The van der Waals surface area contributed by atoms with E-state index in [9.17, 15) is 9.18 Å². The van der Waals surface area contributed by atoms with Crippen molar-refractivity contribution in [3.63, 3.8) is 0 Å². The standard InChI is InChI=1S/C16H14FN3O/c1-10-6-7-18-9-13(10)12-3-2-11(8-14(12)17)15-4-5-16(21)20-19-15/h2-3,6-9H,4-5H2,1H3,(H,20,21). The molecule has 0 saturated carbocycles. The van der Waals surface area contributed by atoms with Crippen LogP contribution in [0.25, 0.3) is 11.1 Å². The molecule has 5 heteroatoms. The molecule has 4 nitrogen and oxygen atoms in total. The van der Waals surface area contributed by atoms with Crippen LogP contribution in [-0.2, 0) is 4.79 Å². The number of pyridine rings is 1. The molecule has 0 unspecified atom stereocenters. The van der Waals surface area contributed by atoms with E-state index in [-0.39, 0.29) is 11.7 Å². The maximum absolute atomic E-state index is 14.4. The quantitative estimate of drug-likeness (QED) is 0.921. The maximum Gasteiger partial charge on any atom is 0.240 e. The van der Waals surface area contributed by atoms with Gasteiger partial charge in [-0.15, -0.1) is 0 Å². The van der Waals surface area contributed by atoms with Crippen LogP contribution < -0.4 is 5.43 Å². The Kier molecular flexibility index (Phi) is 3.48. The molecule has 1 amide bonds. The number of nitrogens with zero attached hydrogens (tertiary/aromatic N) is 2. The van der Waals surface area contributed by atoms with Gasteiger partial charge in [-0.1, -0.05) is 12.1 Å². The zero-order valence-corrected chi connectivity index (χ0v) is 11.6. The summed E-state index contributed by atoms with van der Waals surface area (Å²) in [4.78, 5) is 15.1. The van der Waals surface area contributed by atoms with Gasteiger partial charge in [-0.3, -0.25) is 9.78 Å². The van der Waals surface area contributed by atoms with E-state index in [2.05, 4.69) is 15.5 Å². The van der Waals surface area contributed by atoms with E-state index >= 15 is 0 Å². The summed E-state index contributed by atoms with van der Waals surface area (Å²) >= 11 is 0. The first-order chi connectivity index (χ1) is 10.1. The summed E-state index contributed by atoms with van der Waals surface area (Å²) in [6, 6.07) is 6.86. The molecule has 0 radical (unpaired) electrons. The van der Waals surface area contributed by atoms with Crippen LogP contribution in [0, 0.1) is 12.7 Å². The number of amides is 1. The number of carbonyl (C=O) groups excluding carboxylic acids is 1. The summed E-state index contributed by atoms with van der Waals surface area (Å²) in [6.45, 7) is 1.92. The molecule has 0 bridgehead atoms. The summed E-state index contributed by atoms with van der Waals surface area (Å²) in [5.41, 5.74) is 6.08. The van der Waals surface area contributed by atoms with Gasteiger partial charge in [0.2, 0.25) is 5.91 Å². The topological polar surface area (TPSA) is 54.4 Å². The summed E-state index contributed by atoms with van der Waals surface area (Å²) in [5.74, 6) is -0.426. The van der Waals surface area contributed by atoms with Crippen molar-refractivity contribution in [2.45, 2.75) is 19.8 Å². The fourth-order valence-electron chi connectivity index (χ4n) is 2.34. The van der Waals surface area contributed by atoms with Crippen LogP contribution in [0.5, 0.6) is 0 Å². The third kappa shape index (κ3) is 2.67. The number of carbonyl (C=O) groups is 1. The minimum absolute atomic E-state index is 0.109. The summed E-state index contributed by atoms with van der Waals surface area (Å²) in [6.07, 6.45) is 4.25. The first-order valence-electron chi connectivity index (χ1n) is 6.71. The van der Waals surface area contributed by atoms with Crippen LogP contribution in [0.3, 0.4) is 0 Å². The van der Waals surface area contributed by atoms with Crippen molar-refractivity contribution in [3.05, 3.63) is 53.6 Å². The predicted octanol–water partition coefficient (Wildman–Crippen LogP) is 2.81. The molecule has 2 aromatic rings. The van der Waals surface area contributed by atoms with E-state index in [0.29, 0.717) is 29.7 Å². The lowest BCUT2D eigenvalue weighted by Gasteiger charge is -2.13. The van der Waals surface area contributed by atoms with Crippen molar-refractivity contribution in [3.8, 4) is 11.1 Å². The number of halogens is 1. The van der Waals surface area contributed by atoms with E-state index in [4.69, 9.17) is 0 Å². The Bertz CT molecular complexity index is 740. The van der Waals surface area contributed by atoms with E-state index < -0.39 is 0 Å². The fraction of sp³-hybridized carbons (Fsp3) is 0.188. The van der Waals surface area contributed by atoms with Gasteiger partial charge in [-0.2, -0.15) is 5.10 Å². The molecule has 2 heterocycles. The molecule has 0 atom stereocenters. The smallest absolute Gasteiger partial charge is 0.240 e. The molecule has 0 saturated heterocycles. The van der Waals surface area contributed by atoms with Crippen molar-refractivity contribution < 1.29 is 9.18 Å². The van der Waals surface area contributed by atoms with E-state index in [0.717, 1.165) is 11.1 Å². The van der Waals surface area contributed by atoms with E-state index in [1.165, 1.54) is 6.07 Å². The van der Waals surface area contributed by atoms with Crippen molar-refractivity contribution in [2.75, 3.05) is 0 Å². The number of benzene rings is 1. The monoisotopic (exact) mass is 283 g/mol. The van der Waals surface area contributed by atoms with Gasteiger partial charge < -0.3 is 0 Å². The first kappa shape index (κ1) is 13.4. The number of nitrogens with one attached hydrogen (secondary N) is 1. The Hall–Kier alpha value is -2.56. The average molecular weight is 283 g/mol. The normalized spacial score (nSPS) is 14.6. The zero-order valence-electron chi connectivity index (χ0n) is 11.6. The number of hydrazone groups is 1. The predicted molar refractivity (Wildman–Crippen MR) is 78.3 cm³/mol. The van der Waals surface area contributed by atoms with Gasteiger partial charge in [0.1, 0.15) is 5.82 Å². The second kappa shape index (κ2) is 5.44.